The molecule has 2 amide bonds. The average molecular weight is 323 g/mol. The van der Waals surface area contributed by atoms with Gasteiger partial charge in [-0.15, -0.1) is 0 Å². The van der Waals surface area contributed by atoms with Crippen LogP contribution in [-0.4, -0.2) is 18.4 Å². The second-order valence-corrected chi connectivity index (χ2v) is 5.00. The fourth-order valence-corrected chi connectivity index (χ4v) is 1.82. The number of carbonyl (C=O) groups is 2. The molecule has 2 N–H and O–H groups in total. The molecule has 1 heterocycles. The molecule has 7 heteroatoms. The highest BCUT2D eigenvalue weighted by molar-refractivity contribution is 6.31. The highest BCUT2D eigenvalue weighted by Crippen LogP contribution is 2.20. The standard InChI is InChI=1S/C15H15ClN2O4/c1-9-7-11(3-4-13(9)16)22-8-14(19)17-18-15(20)12-5-6-21-10(12)2/h3-7H,8H2,1-2H3,(H,17,19)(H,18,20). The van der Waals surface area contributed by atoms with E-state index in [4.69, 9.17) is 20.8 Å². The maximum Gasteiger partial charge on any atom is 0.276 e. The lowest BCUT2D eigenvalue weighted by atomic mass is 10.2. The molecule has 116 valence electrons. The van der Waals surface area contributed by atoms with E-state index in [-0.39, 0.29) is 6.61 Å². The van der Waals surface area contributed by atoms with Gasteiger partial charge in [-0.1, -0.05) is 11.6 Å². The van der Waals surface area contributed by atoms with Crippen LogP contribution in [0, 0.1) is 13.8 Å². The Morgan fingerprint density at radius 2 is 2.00 bits per heavy atom. The Bertz CT molecular complexity index is 697. The van der Waals surface area contributed by atoms with Crippen molar-refractivity contribution in [3.05, 3.63) is 52.4 Å². The monoisotopic (exact) mass is 322 g/mol. The van der Waals surface area contributed by atoms with Gasteiger partial charge in [-0.05, 0) is 43.7 Å². The van der Waals surface area contributed by atoms with E-state index in [1.165, 1.54) is 12.3 Å². The zero-order chi connectivity index (χ0) is 16.1. The molecule has 0 saturated heterocycles. The molecule has 0 bridgehead atoms. The molecule has 0 atom stereocenters. The van der Waals surface area contributed by atoms with Gasteiger partial charge in [-0.2, -0.15) is 0 Å². The van der Waals surface area contributed by atoms with Crippen molar-refractivity contribution in [3.63, 3.8) is 0 Å². The minimum Gasteiger partial charge on any atom is -0.484 e. The van der Waals surface area contributed by atoms with Crippen molar-refractivity contribution in [2.24, 2.45) is 0 Å². The number of hydrazine groups is 1. The number of amides is 2. The molecule has 0 saturated carbocycles. The van der Waals surface area contributed by atoms with Gasteiger partial charge in [0, 0.05) is 5.02 Å². The molecular weight excluding hydrogens is 308 g/mol. The molecule has 0 radical (unpaired) electrons. The Morgan fingerprint density at radius 3 is 2.64 bits per heavy atom. The van der Waals surface area contributed by atoms with E-state index in [1.807, 2.05) is 6.92 Å². The van der Waals surface area contributed by atoms with Crippen LogP contribution in [-0.2, 0) is 4.79 Å². The average Bonchev–Trinajstić information content (AvgIpc) is 2.92. The first-order valence-corrected chi connectivity index (χ1v) is 6.87. The molecule has 0 aliphatic carbocycles. The molecule has 2 rings (SSSR count). The van der Waals surface area contributed by atoms with E-state index in [2.05, 4.69) is 10.9 Å². The summed E-state index contributed by atoms with van der Waals surface area (Å²) in [6.45, 7) is 3.26. The topological polar surface area (TPSA) is 80.6 Å². The molecule has 1 aromatic carbocycles. The minimum absolute atomic E-state index is 0.230. The molecule has 1 aromatic heterocycles. The number of nitrogens with one attached hydrogen (secondary N) is 2. The fraction of sp³-hybridized carbons (Fsp3) is 0.200. The second kappa shape index (κ2) is 7.00. The van der Waals surface area contributed by atoms with Crippen LogP contribution in [0.2, 0.25) is 5.02 Å². The zero-order valence-corrected chi connectivity index (χ0v) is 12.9. The third-order valence-electron chi connectivity index (χ3n) is 2.92. The molecule has 2 aromatic rings. The molecule has 6 nitrogen and oxygen atoms in total. The summed E-state index contributed by atoms with van der Waals surface area (Å²) in [5, 5.41) is 0.625. The lowest BCUT2D eigenvalue weighted by molar-refractivity contribution is -0.123. The normalized spacial score (nSPS) is 10.1. The number of rotatable bonds is 4. The van der Waals surface area contributed by atoms with Gasteiger partial charge in [-0.3, -0.25) is 20.4 Å². The SMILES string of the molecule is Cc1cc(OCC(=O)NNC(=O)c2ccoc2C)ccc1Cl. The van der Waals surface area contributed by atoms with Gasteiger partial charge in [0.2, 0.25) is 0 Å². The number of ether oxygens (including phenoxy) is 1. The number of hydrogen-bond acceptors (Lipinski definition) is 4. The van der Waals surface area contributed by atoms with Gasteiger partial charge >= 0.3 is 0 Å². The highest BCUT2D eigenvalue weighted by Gasteiger charge is 2.12. The van der Waals surface area contributed by atoms with E-state index in [9.17, 15) is 9.59 Å². The van der Waals surface area contributed by atoms with Crippen LogP contribution in [0.15, 0.2) is 34.9 Å². The Balaban J connectivity index is 1.79. The van der Waals surface area contributed by atoms with Gasteiger partial charge in [0.15, 0.2) is 6.61 Å². The quantitative estimate of drug-likeness (QED) is 0.847. The molecule has 22 heavy (non-hydrogen) atoms. The summed E-state index contributed by atoms with van der Waals surface area (Å²) >= 11 is 5.90. The van der Waals surface area contributed by atoms with Gasteiger partial charge < -0.3 is 9.15 Å². The van der Waals surface area contributed by atoms with Crippen molar-refractivity contribution in [3.8, 4) is 5.75 Å². The van der Waals surface area contributed by atoms with Crippen LogP contribution in [0.25, 0.3) is 0 Å². The van der Waals surface area contributed by atoms with E-state index >= 15 is 0 Å². The highest BCUT2D eigenvalue weighted by atomic mass is 35.5. The molecular formula is C15H15ClN2O4. The van der Waals surface area contributed by atoms with Crippen molar-refractivity contribution in [1.29, 1.82) is 0 Å². The number of furan rings is 1. The summed E-state index contributed by atoms with van der Waals surface area (Å²) in [5.74, 6) is 0.0535. The Morgan fingerprint density at radius 1 is 1.23 bits per heavy atom. The van der Waals surface area contributed by atoms with Gasteiger partial charge in [-0.25, -0.2) is 0 Å². The third kappa shape index (κ3) is 4.02. The van der Waals surface area contributed by atoms with Crippen LogP contribution in [0.1, 0.15) is 21.7 Å². The maximum absolute atomic E-state index is 11.7. The second-order valence-electron chi connectivity index (χ2n) is 4.59. The van der Waals surface area contributed by atoms with E-state index in [1.54, 1.807) is 25.1 Å². The molecule has 0 fully saturated rings. The van der Waals surface area contributed by atoms with Gasteiger partial charge in [0.05, 0.1) is 11.8 Å². The van der Waals surface area contributed by atoms with Crippen molar-refractivity contribution in [2.45, 2.75) is 13.8 Å². The molecule has 0 aliphatic heterocycles. The van der Waals surface area contributed by atoms with E-state index in [0.717, 1.165) is 5.56 Å². The smallest absolute Gasteiger partial charge is 0.276 e. The van der Waals surface area contributed by atoms with E-state index in [0.29, 0.717) is 22.1 Å². The van der Waals surface area contributed by atoms with Crippen molar-refractivity contribution in [1.82, 2.24) is 10.9 Å². The maximum atomic E-state index is 11.7. The minimum atomic E-state index is -0.484. The predicted octanol–water partition coefficient (Wildman–Crippen LogP) is 2.39. The predicted molar refractivity (Wildman–Crippen MR) is 80.7 cm³/mol. The number of aryl methyl sites for hydroxylation is 2. The summed E-state index contributed by atoms with van der Waals surface area (Å²) in [4.78, 5) is 23.4. The number of carbonyl (C=O) groups excluding carboxylic acids is 2. The van der Waals surface area contributed by atoms with Crippen LogP contribution in [0.5, 0.6) is 5.75 Å². The fourth-order valence-electron chi connectivity index (χ4n) is 1.71. The number of halogens is 1. The van der Waals surface area contributed by atoms with Crippen LogP contribution < -0.4 is 15.6 Å². The van der Waals surface area contributed by atoms with Crippen molar-refractivity contribution >= 4 is 23.4 Å². The Hall–Kier alpha value is -2.47. The first kappa shape index (κ1) is 15.9. The third-order valence-corrected chi connectivity index (χ3v) is 3.34. The molecule has 0 unspecified atom stereocenters. The van der Waals surface area contributed by atoms with E-state index < -0.39 is 11.8 Å². The van der Waals surface area contributed by atoms with Crippen molar-refractivity contribution < 1.29 is 18.7 Å². The Kier molecular flexibility index (Phi) is 5.06. The summed E-state index contributed by atoms with van der Waals surface area (Å²) < 4.78 is 10.3. The summed E-state index contributed by atoms with van der Waals surface area (Å²) in [5.41, 5.74) is 5.75. The molecule has 0 aliphatic rings. The van der Waals surface area contributed by atoms with Crippen molar-refractivity contribution in [2.75, 3.05) is 6.61 Å². The number of benzene rings is 1. The molecule has 0 spiro atoms. The Labute approximate surface area is 132 Å². The van der Waals surface area contributed by atoms with Crippen LogP contribution >= 0.6 is 11.6 Å². The summed E-state index contributed by atoms with van der Waals surface area (Å²) in [7, 11) is 0. The van der Waals surface area contributed by atoms with Gasteiger partial charge in [0.1, 0.15) is 11.5 Å². The summed E-state index contributed by atoms with van der Waals surface area (Å²) in [6, 6.07) is 6.59. The summed E-state index contributed by atoms with van der Waals surface area (Å²) in [6.07, 6.45) is 1.40. The largest absolute Gasteiger partial charge is 0.484 e. The first-order valence-electron chi connectivity index (χ1n) is 6.49. The van der Waals surface area contributed by atoms with Gasteiger partial charge in [0.25, 0.3) is 11.8 Å². The van der Waals surface area contributed by atoms with Crippen LogP contribution in [0.3, 0.4) is 0 Å². The number of hydrogen-bond donors (Lipinski definition) is 2. The van der Waals surface area contributed by atoms with Crippen LogP contribution in [0.4, 0.5) is 0 Å². The first-order chi connectivity index (χ1) is 10.5. The lowest BCUT2D eigenvalue weighted by Gasteiger charge is -2.09. The lowest BCUT2D eigenvalue weighted by Crippen LogP contribution is -2.43. The zero-order valence-electron chi connectivity index (χ0n) is 12.1.